The Morgan fingerprint density at radius 1 is 1.26 bits per heavy atom. The number of carbonyl (C=O) groups is 2. The molecule has 4 nitrogen and oxygen atoms in total. The lowest BCUT2D eigenvalue weighted by Gasteiger charge is -2.16. The quantitative estimate of drug-likeness (QED) is 0.777. The molecular weight excluding hydrogens is 324 g/mol. The molecular formula is C12H12BrF2NO3. The summed E-state index contributed by atoms with van der Waals surface area (Å²) in [5.41, 5.74) is 0.645. The minimum Gasteiger partial charge on any atom is -0.508 e. The van der Waals surface area contributed by atoms with Gasteiger partial charge in [-0.2, -0.15) is 8.78 Å². The van der Waals surface area contributed by atoms with Crippen LogP contribution in [0, 0.1) is 0 Å². The molecule has 0 spiro atoms. The lowest BCUT2D eigenvalue weighted by molar-refractivity contribution is -0.134. The minimum absolute atomic E-state index is 0.0424. The Bertz CT molecular complexity index is 451. The van der Waals surface area contributed by atoms with E-state index in [1.807, 2.05) is 5.32 Å². The van der Waals surface area contributed by atoms with E-state index in [0.29, 0.717) is 5.56 Å². The number of Topliss-reactive ketones (excluding diaryl/α,β-unsaturated/α-hetero) is 1. The Hall–Kier alpha value is -1.50. The van der Waals surface area contributed by atoms with Gasteiger partial charge in [0.2, 0.25) is 0 Å². The smallest absolute Gasteiger partial charge is 0.315 e. The molecule has 0 aliphatic rings. The molecule has 1 aromatic carbocycles. The molecule has 1 atom stereocenters. The standard InChI is InChI=1S/C12H12BrF2NO3/c13-6-10(18)9(16-12(19)11(14)15)5-7-1-3-8(17)4-2-7/h1-4,9,11,17H,5-6H2,(H,16,19). The number of hydrogen-bond acceptors (Lipinski definition) is 3. The molecule has 0 heterocycles. The molecule has 0 radical (unpaired) electrons. The molecule has 0 saturated carbocycles. The molecule has 0 aliphatic carbocycles. The Morgan fingerprint density at radius 3 is 2.32 bits per heavy atom. The van der Waals surface area contributed by atoms with E-state index in [9.17, 15) is 18.4 Å². The van der Waals surface area contributed by atoms with Crippen LogP contribution in [-0.4, -0.2) is 34.6 Å². The molecule has 0 bridgehead atoms. The highest BCUT2D eigenvalue weighted by atomic mass is 79.9. The van der Waals surface area contributed by atoms with Crippen LogP contribution < -0.4 is 5.32 Å². The Morgan fingerprint density at radius 2 is 1.84 bits per heavy atom. The van der Waals surface area contributed by atoms with Crippen molar-refractivity contribution in [2.45, 2.75) is 18.9 Å². The number of halogens is 3. The third-order valence-electron chi connectivity index (χ3n) is 2.41. The number of aromatic hydroxyl groups is 1. The maximum Gasteiger partial charge on any atom is 0.315 e. The monoisotopic (exact) mass is 335 g/mol. The van der Waals surface area contributed by atoms with E-state index in [0.717, 1.165) is 0 Å². The summed E-state index contributed by atoms with van der Waals surface area (Å²) in [6.07, 6.45) is -3.08. The maximum atomic E-state index is 12.2. The number of alkyl halides is 3. The summed E-state index contributed by atoms with van der Waals surface area (Å²) in [5, 5.41) is 11.1. The van der Waals surface area contributed by atoms with E-state index in [2.05, 4.69) is 15.9 Å². The lowest BCUT2D eigenvalue weighted by atomic mass is 10.0. The van der Waals surface area contributed by atoms with E-state index in [4.69, 9.17) is 5.11 Å². The number of amides is 1. The normalized spacial score (nSPS) is 12.2. The van der Waals surface area contributed by atoms with Gasteiger partial charge in [0, 0.05) is 0 Å². The second kappa shape index (κ2) is 7.18. The van der Waals surface area contributed by atoms with Gasteiger partial charge >= 0.3 is 6.43 Å². The molecule has 0 saturated heterocycles. The van der Waals surface area contributed by atoms with Gasteiger partial charge in [-0.15, -0.1) is 0 Å². The fourth-order valence-electron chi connectivity index (χ4n) is 1.44. The van der Waals surface area contributed by atoms with Crippen molar-refractivity contribution in [3.05, 3.63) is 29.8 Å². The van der Waals surface area contributed by atoms with Gasteiger partial charge in [-0.1, -0.05) is 28.1 Å². The molecule has 0 fully saturated rings. The van der Waals surface area contributed by atoms with E-state index in [1.165, 1.54) is 12.1 Å². The summed E-state index contributed by atoms with van der Waals surface area (Å²) in [6.45, 7) is 0. The van der Waals surface area contributed by atoms with Crippen molar-refractivity contribution < 1.29 is 23.5 Å². The highest BCUT2D eigenvalue weighted by Crippen LogP contribution is 2.12. The van der Waals surface area contributed by atoms with Crippen molar-refractivity contribution in [3.63, 3.8) is 0 Å². The minimum atomic E-state index is -3.16. The molecule has 104 valence electrons. The van der Waals surface area contributed by atoms with Gasteiger partial charge < -0.3 is 10.4 Å². The summed E-state index contributed by atoms with van der Waals surface area (Å²) in [4.78, 5) is 22.5. The van der Waals surface area contributed by atoms with Gasteiger partial charge in [0.15, 0.2) is 5.78 Å². The highest BCUT2D eigenvalue weighted by molar-refractivity contribution is 9.09. The van der Waals surface area contributed by atoms with Crippen molar-refractivity contribution >= 4 is 27.6 Å². The zero-order valence-electron chi connectivity index (χ0n) is 9.78. The first-order valence-corrected chi connectivity index (χ1v) is 6.51. The van der Waals surface area contributed by atoms with Crippen LogP contribution in [0.3, 0.4) is 0 Å². The largest absolute Gasteiger partial charge is 0.508 e. The summed E-state index contributed by atoms with van der Waals surface area (Å²) < 4.78 is 24.4. The second-order valence-electron chi connectivity index (χ2n) is 3.83. The van der Waals surface area contributed by atoms with Crippen LogP contribution in [0.2, 0.25) is 0 Å². The van der Waals surface area contributed by atoms with Crippen LogP contribution >= 0.6 is 15.9 Å². The number of nitrogens with one attached hydrogen (secondary N) is 1. The number of carbonyl (C=O) groups excluding carboxylic acids is 2. The fourth-order valence-corrected chi connectivity index (χ4v) is 1.83. The van der Waals surface area contributed by atoms with E-state index >= 15 is 0 Å². The van der Waals surface area contributed by atoms with Crippen LogP contribution in [0.25, 0.3) is 0 Å². The maximum absolute atomic E-state index is 12.2. The van der Waals surface area contributed by atoms with Gasteiger partial charge in [-0.3, -0.25) is 9.59 Å². The van der Waals surface area contributed by atoms with Crippen LogP contribution in [0.1, 0.15) is 5.56 Å². The van der Waals surface area contributed by atoms with Crippen LogP contribution in [-0.2, 0) is 16.0 Å². The number of ketones is 1. The first-order valence-electron chi connectivity index (χ1n) is 5.39. The first kappa shape index (κ1) is 15.6. The molecule has 1 aromatic rings. The first-order chi connectivity index (χ1) is 8.93. The van der Waals surface area contributed by atoms with Gasteiger partial charge in [0.05, 0.1) is 11.4 Å². The van der Waals surface area contributed by atoms with Crippen LogP contribution in [0.5, 0.6) is 5.75 Å². The zero-order chi connectivity index (χ0) is 14.4. The third kappa shape index (κ3) is 4.94. The van der Waals surface area contributed by atoms with E-state index in [1.54, 1.807) is 12.1 Å². The highest BCUT2D eigenvalue weighted by Gasteiger charge is 2.24. The SMILES string of the molecule is O=C(NC(Cc1ccc(O)cc1)C(=O)CBr)C(F)F. The molecule has 1 amide bonds. The summed E-state index contributed by atoms with van der Waals surface area (Å²) in [5.74, 6) is -1.82. The third-order valence-corrected chi connectivity index (χ3v) is 2.96. The molecule has 0 aromatic heterocycles. The predicted molar refractivity (Wildman–Crippen MR) is 68.5 cm³/mol. The van der Waals surface area contributed by atoms with Gasteiger partial charge in [-0.05, 0) is 24.1 Å². The molecule has 1 rings (SSSR count). The molecule has 7 heteroatoms. The zero-order valence-corrected chi connectivity index (χ0v) is 11.4. The van der Waals surface area contributed by atoms with Crippen molar-refractivity contribution in [2.24, 2.45) is 0 Å². The van der Waals surface area contributed by atoms with Gasteiger partial charge in [0.1, 0.15) is 5.75 Å². The molecule has 19 heavy (non-hydrogen) atoms. The van der Waals surface area contributed by atoms with Crippen molar-refractivity contribution in [2.75, 3.05) is 5.33 Å². The number of hydrogen-bond donors (Lipinski definition) is 2. The second-order valence-corrected chi connectivity index (χ2v) is 4.39. The van der Waals surface area contributed by atoms with Crippen molar-refractivity contribution in [3.8, 4) is 5.75 Å². The van der Waals surface area contributed by atoms with Crippen LogP contribution in [0.15, 0.2) is 24.3 Å². The Labute approximate surface area is 116 Å². The van der Waals surface area contributed by atoms with Crippen LogP contribution in [0.4, 0.5) is 8.78 Å². The average Bonchev–Trinajstić information content (AvgIpc) is 2.39. The van der Waals surface area contributed by atoms with Crippen molar-refractivity contribution in [1.82, 2.24) is 5.32 Å². The number of phenols is 1. The number of benzene rings is 1. The molecule has 2 N–H and O–H groups in total. The van der Waals surface area contributed by atoms with E-state index in [-0.39, 0.29) is 17.5 Å². The summed E-state index contributed by atoms with van der Waals surface area (Å²) >= 11 is 2.94. The van der Waals surface area contributed by atoms with Gasteiger partial charge in [0.25, 0.3) is 5.91 Å². The Kier molecular flexibility index (Phi) is 5.88. The lowest BCUT2D eigenvalue weighted by Crippen LogP contribution is -2.45. The van der Waals surface area contributed by atoms with E-state index < -0.39 is 24.2 Å². The van der Waals surface area contributed by atoms with Crippen molar-refractivity contribution in [1.29, 1.82) is 0 Å². The Balaban J connectivity index is 2.77. The van der Waals surface area contributed by atoms with Gasteiger partial charge in [-0.25, -0.2) is 0 Å². The fraction of sp³-hybridized carbons (Fsp3) is 0.333. The molecule has 1 unspecified atom stereocenters. The molecule has 0 aliphatic heterocycles. The number of phenolic OH excluding ortho intramolecular Hbond substituents is 1. The summed E-state index contributed by atoms with van der Waals surface area (Å²) in [6, 6.07) is 4.92. The topological polar surface area (TPSA) is 66.4 Å². The predicted octanol–water partition coefficient (Wildman–Crippen LogP) is 1.65. The average molecular weight is 336 g/mol. The number of rotatable bonds is 6. The summed E-state index contributed by atoms with van der Waals surface area (Å²) in [7, 11) is 0.